The molecule has 0 bridgehead atoms. The van der Waals surface area contributed by atoms with Gasteiger partial charge in [0.2, 0.25) is 5.90 Å². The van der Waals surface area contributed by atoms with Crippen molar-refractivity contribution in [3.63, 3.8) is 0 Å². The lowest BCUT2D eigenvalue weighted by Crippen LogP contribution is -2.47. The van der Waals surface area contributed by atoms with E-state index in [-0.39, 0.29) is 0 Å². The number of nitrogens with two attached hydrogens (primary N) is 1. The summed E-state index contributed by atoms with van der Waals surface area (Å²) in [4.78, 5) is 0. The molecule has 0 aromatic rings. The molecule has 1 aliphatic rings. The molecule has 0 radical (unpaired) electrons. The van der Waals surface area contributed by atoms with Crippen molar-refractivity contribution in [2.24, 2.45) is 10.9 Å². The number of hydrogen-bond donors (Lipinski definition) is 3. The molecule has 0 unspecified atom stereocenters. The van der Waals surface area contributed by atoms with Gasteiger partial charge in [-0.25, -0.2) is 5.84 Å². The number of nitrogens with one attached hydrogen (secondary N) is 2. The lowest BCUT2D eigenvalue weighted by atomic mass is 10.4. The van der Waals surface area contributed by atoms with Crippen LogP contribution < -0.4 is 16.6 Å². The first-order valence-electron chi connectivity index (χ1n) is 4.04. The SMILES string of the molecule is COC1=NN(N)NC(NC(C)C)=C1. The molecule has 0 spiro atoms. The van der Waals surface area contributed by atoms with E-state index in [1.807, 2.05) is 13.8 Å². The van der Waals surface area contributed by atoms with Gasteiger partial charge in [-0.3, -0.25) is 5.43 Å². The minimum absolute atomic E-state index is 0.323. The Bertz CT molecular complexity index is 235. The first-order valence-corrected chi connectivity index (χ1v) is 4.04. The van der Waals surface area contributed by atoms with Gasteiger partial charge >= 0.3 is 0 Å². The molecular weight excluding hydrogens is 170 g/mol. The van der Waals surface area contributed by atoms with Crippen molar-refractivity contribution in [1.29, 1.82) is 0 Å². The summed E-state index contributed by atoms with van der Waals surface area (Å²) in [5.74, 6) is 6.67. The van der Waals surface area contributed by atoms with Crippen molar-refractivity contribution in [1.82, 2.24) is 16.0 Å². The Balaban J connectivity index is 2.65. The Labute approximate surface area is 77.4 Å². The molecule has 4 N–H and O–H groups in total. The highest BCUT2D eigenvalue weighted by Gasteiger charge is 2.10. The predicted molar refractivity (Wildman–Crippen MR) is 50.0 cm³/mol. The zero-order valence-electron chi connectivity index (χ0n) is 8.03. The van der Waals surface area contributed by atoms with E-state index in [0.717, 1.165) is 11.0 Å². The number of rotatable bonds is 2. The largest absolute Gasteiger partial charge is 0.480 e. The summed E-state index contributed by atoms with van der Waals surface area (Å²) >= 11 is 0. The van der Waals surface area contributed by atoms with Crippen molar-refractivity contribution in [3.8, 4) is 0 Å². The number of hydrazone groups is 1. The van der Waals surface area contributed by atoms with E-state index in [1.165, 1.54) is 0 Å². The summed E-state index contributed by atoms with van der Waals surface area (Å²) in [6, 6.07) is 0.323. The molecule has 13 heavy (non-hydrogen) atoms. The highest BCUT2D eigenvalue weighted by atomic mass is 16.5. The van der Waals surface area contributed by atoms with Gasteiger partial charge in [0.1, 0.15) is 5.82 Å². The highest BCUT2D eigenvalue weighted by Crippen LogP contribution is 1.98. The molecule has 6 heteroatoms. The summed E-state index contributed by atoms with van der Waals surface area (Å²) in [6.45, 7) is 4.06. The van der Waals surface area contributed by atoms with Crippen molar-refractivity contribution in [2.75, 3.05) is 7.11 Å². The lowest BCUT2D eigenvalue weighted by molar-refractivity contribution is 0.202. The number of nitrogens with zero attached hydrogens (tertiary/aromatic N) is 2. The second-order valence-corrected chi connectivity index (χ2v) is 2.96. The van der Waals surface area contributed by atoms with Gasteiger partial charge in [-0.15, -0.1) is 10.3 Å². The van der Waals surface area contributed by atoms with Crippen LogP contribution in [0.5, 0.6) is 0 Å². The summed E-state index contributed by atoms with van der Waals surface area (Å²) in [5.41, 5.74) is 2.81. The lowest BCUT2D eigenvalue weighted by Gasteiger charge is -2.24. The minimum atomic E-state index is 0.323. The first kappa shape index (κ1) is 9.66. The fourth-order valence-corrected chi connectivity index (χ4v) is 0.924. The van der Waals surface area contributed by atoms with Gasteiger partial charge in [0.15, 0.2) is 0 Å². The maximum Gasteiger partial charge on any atom is 0.237 e. The van der Waals surface area contributed by atoms with Crippen LogP contribution in [-0.2, 0) is 4.74 Å². The van der Waals surface area contributed by atoms with Crippen LogP contribution in [0.2, 0.25) is 0 Å². The summed E-state index contributed by atoms with van der Waals surface area (Å²) < 4.78 is 4.95. The summed E-state index contributed by atoms with van der Waals surface area (Å²) in [6.07, 6.45) is 1.74. The van der Waals surface area contributed by atoms with Gasteiger partial charge in [0.25, 0.3) is 0 Å². The van der Waals surface area contributed by atoms with Gasteiger partial charge in [-0.1, -0.05) is 0 Å². The predicted octanol–water partition coefficient (Wildman–Crippen LogP) is -0.520. The van der Waals surface area contributed by atoms with E-state index in [9.17, 15) is 0 Å². The molecule has 0 aromatic heterocycles. The maximum atomic E-state index is 5.44. The van der Waals surface area contributed by atoms with Gasteiger partial charge in [-0.05, 0) is 13.8 Å². The Morgan fingerprint density at radius 2 is 2.38 bits per heavy atom. The van der Waals surface area contributed by atoms with E-state index in [0.29, 0.717) is 11.9 Å². The fraction of sp³-hybridized carbons (Fsp3) is 0.571. The molecular formula is C7H15N5O. The monoisotopic (exact) mass is 185 g/mol. The van der Waals surface area contributed by atoms with Gasteiger partial charge < -0.3 is 10.1 Å². The second kappa shape index (κ2) is 3.99. The molecule has 1 aliphatic heterocycles. The van der Waals surface area contributed by atoms with Crippen LogP contribution in [0.25, 0.3) is 0 Å². The van der Waals surface area contributed by atoms with Crippen molar-refractivity contribution >= 4 is 5.90 Å². The van der Waals surface area contributed by atoms with E-state index in [2.05, 4.69) is 15.8 Å². The van der Waals surface area contributed by atoms with Crippen LogP contribution in [0, 0.1) is 0 Å². The third-order valence-electron chi connectivity index (χ3n) is 1.36. The zero-order valence-corrected chi connectivity index (χ0v) is 8.03. The van der Waals surface area contributed by atoms with Gasteiger partial charge in [0.05, 0.1) is 7.11 Å². The number of ether oxygens (including phenoxy) is 1. The number of methoxy groups -OCH3 is 1. The minimum Gasteiger partial charge on any atom is -0.480 e. The number of hydrogen-bond acceptors (Lipinski definition) is 6. The van der Waals surface area contributed by atoms with E-state index >= 15 is 0 Å². The third kappa shape index (κ3) is 2.83. The van der Waals surface area contributed by atoms with Crippen LogP contribution in [0.15, 0.2) is 17.0 Å². The molecule has 0 amide bonds. The smallest absolute Gasteiger partial charge is 0.237 e. The molecule has 1 heterocycles. The fourth-order valence-electron chi connectivity index (χ4n) is 0.924. The van der Waals surface area contributed by atoms with Gasteiger partial charge in [-0.2, -0.15) is 0 Å². The summed E-state index contributed by atoms with van der Waals surface area (Å²) in [7, 11) is 1.54. The van der Waals surface area contributed by atoms with Crippen LogP contribution in [0.3, 0.4) is 0 Å². The van der Waals surface area contributed by atoms with E-state index < -0.39 is 0 Å². The van der Waals surface area contributed by atoms with E-state index in [1.54, 1.807) is 13.2 Å². The van der Waals surface area contributed by atoms with Crippen LogP contribution in [0.1, 0.15) is 13.8 Å². The molecule has 0 aromatic carbocycles. The van der Waals surface area contributed by atoms with Crippen LogP contribution >= 0.6 is 0 Å². The molecule has 0 saturated heterocycles. The quantitative estimate of drug-likeness (QED) is 0.505. The molecule has 6 nitrogen and oxygen atoms in total. The average molecular weight is 185 g/mol. The van der Waals surface area contributed by atoms with Gasteiger partial charge in [0, 0.05) is 12.1 Å². The second-order valence-electron chi connectivity index (χ2n) is 2.96. The normalized spacial score (nSPS) is 16.2. The molecule has 1 rings (SSSR count). The Hall–Kier alpha value is -1.43. The highest BCUT2D eigenvalue weighted by molar-refractivity contribution is 5.88. The van der Waals surface area contributed by atoms with Crippen molar-refractivity contribution < 1.29 is 4.74 Å². The molecule has 74 valence electrons. The Kier molecular flexibility index (Phi) is 2.97. The summed E-state index contributed by atoms with van der Waals surface area (Å²) in [5, 5.41) is 8.08. The van der Waals surface area contributed by atoms with Crippen LogP contribution in [-0.4, -0.2) is 24.3 Å². The topological polar surface area (TPSA) is 74.9 Å². The molecule has 0 aliphatic carbocycles. The van der Waals surface area contributed by atoms with Crippen molar-refractivity contribution in [2.45, 2.75) is 19.9 Å². The zero-order chi connectivity index (χ0) is 9.84. The van der Waals surface area contributed by atoms with Crippen molar-refractivity contribution in [3.05, 3.63) is 11.9 Å². The van der Waals surface area contributed by atoms with E-state index in [4.69, 9.17) is 10.6 Å². The third-order valence-corrected chi connectivity index (χ3v) is 1.36. The first-order chi connectivity index (χ1) is 6.11. The standard InChI is InChI=1S/C7H15N5O/c1-5(2)9-6-4-7(13-3)11-12(8)10-6/h4-5,9-10H,8H2,1-3H3. The molecule has 0 saturated carbocycles. The number of hydrazine groups is 2. The average Bonchev–Trinajstić information content (AvgIpc) is 2.01. The van der Waals surface area contributed by atoms with Crippen LogP contribution in [0.4, 0.5) is 0 Å². The maximum absolute atomic E-state index is 5.44. The molecule has 0 fully saturated rings. The molecule has 0 atom stereocenters. The Morgan fingerprint density at radius 1 is 1.69 bits per heavy atom. The Morgan fingerprint density at radius 3 is 2.92 bits per heavy atom.